The maximum absolute atomic E-state index is 12.2. The van der Waals surface area contributed by atoms with Gasteiger partial charge in [-0.3, -0.25) is 9.59 Å². The fourth-order valence-electron chi connectivity index (χ4n) is 2.43. The smallest absolute Gasteiger partial charge is 0.270 e. The zero-order valence-corrected chi connectivity index (χ0v) is 11.3. The van der Waals surface area contributed by atoms with Crippen LogP contribution in [0.1, 0.15) is 30.3 Å². The van der Waals surface area contributed by atoms with Crippen LogP contribution in [0.15, 0.2) is 23.0 Å². The van der Waals surface area contributed by atoms with Crippen molar-refractivity contribution in [3.05, 3.63) is 34.2 Å². The van der Waals surface area contributed by atoms with E-state index in [1.807, 2.05) is 4.90 Å². The number of aromatic nitrogens is 1. The Labute approximate surface area is 113 Å². The highest BCUT2D eigenvalue weighted by molar-refractivity contribution is 5.92. The summed E-state index contributed by atoms with van der Waals surface area (Å²) in [4.78, 5) is 27.8. The molecule has 1 fully saturated rings. The second kappa shape index (κ2) is 6.52. The Hall–Kier alpha value is -1.62. The fourth-order valence-corrected chi connectivity index (χ4v) is 2.43. The van der Waals surface area contributed by atoms with E-state index in [0.29, 0.717) is 11.6 Å². The zero-order chi connectivity index (χ0) is 13.7. The summed E-state index contributed by atoms with van der Waals surface area (Å²) in [6.07, 6.45) is 2.05. The minimum absolute atomic E-state index is 0.0698. The minimum Gasteiger partial charge on any atom is -0.337 e. The zero-order valence-electron chi connectivity index (χ0n) is 11.3. The molecule has 1 aliphatic heterocycles. The van der Waals surface area contributed by atoms with Crippen LogP contribution in [-0.4, -0.2) is 42.0 Å². The van der Waals surface area contributed by atoms with Crippen molar-refractivity contribution in [3.8, 4) is 0 Å². The van der Waals surface area contributed by atoms with Crippen molar-refractivity contribution >= 4 is 5.91 Å². The lowest BCUT2D eigenvalue weighted by molar-refractivity contribution is 0.0684. The highest BCUT2D eigenvalue weighted by Gasteiger charge is 2.23. The number of aromatic amines is 1. The van der Waals surface area contributed by atoms with E-state index < -0.39 is 0 Å². The van der Waals surface area contributed by atoms with Crippen molar-refractivity contribution in [2.24, 2.45) is 5.92 Å². The van der Waals surface area contributed by atoms with E-state index in [-0.39, 0.29) is 11.5 Å². The Balaban J connectivity index is 1.91. The van der Waals surface area contributed by atoms with Gasteiger partial charge in [0, 0.05) is 19.2 Å². The second-order valence-corrected chi connectivity index (χ2v) is 4.97. The van der Waals surface area contributed by atoms with Gasteiger partial charge in [0.1, 0.15) is 5.69 Å². The van der Waals surface area contributed by atoms with Crippen LogP contribution >= 0.6 is 0 Å². The van der Waals surface area contributed by atoms with Crippen LogP contribution in [0.4, 0.5) is 0 Å². The Kier molecular flexibility index (Phi) is 4.74. The van der Waals surface area contributed by atoms with Crippen LogP contribution < -0.4 is 10.9 Å². The van der Waals surface area contributed by atoms with Crippen molar-refractivity contribution in [2.45, 2.75) is 19.8 Å². The van der Waals surface area contributed by atoms with Gasteiger partial charge >= 0.3 is 0 Å². The third-order valence-electron chi connectivity index (χ3n) is 3.58. The Bertz CT molecular complexity index is 476. The van der Waals surface area contributed by atoms with Crippen molar-refractivity contribution in [1.82, 2.24) is 15.2 Å². The van der Waals surface area contributed by atoms with Gasteiger partial charge in [-0.1, -0.05) is 13.0 Å². The Morgan fingerprint density at radius 2 is 2.16 bits per heavy atom. The SMILES string of the molecule is CCNCC1CCN(C(=O)c2cccc(=O)[nH]2)CC1. The molecule has 0 unspecified atom stereocenters. The standard InChI is InChI=1S/C14H21N3O2/c1-2-15-10-11-6-8-17(9-7-11)14(19)12-4-3-5-13(18)16-12/h3-5,11,15H,2,6-10H2,1H3,(H,16,18). The molecular formula is C14H21N3O2. The number of rotatable bonds is 4. The number of carbonyl (C=O) groups excluding carboxylic acids is 1. The highest BCUT2D eigenvalue weighted by atomic mass is 16.2. The van der Waals surface area contributed by atoms with Gasteiger partial charge in [0.05, 0.1) is 0 Å². The van der Waals surface area contributed by atoms with Crippen LogP contribution in [0.5, 0.6) is 0 Å². The molecule has 0 radical (unpaired) electrons. The molecule has 1 saturated heterocycles. The van der Waals surface area contributed by atoms with E-state index in [1.54, 1.807) is 12.1 Å². The molecule has 0 spiro atoms. The molecule has 1 aromatic rings. The molecule has 0 aliphatic carbocycles. The number of hydrogen-bond acceptors (Lipinski definition) is 3. The monoisotopic (exact) mass is 263 g/mol. The quantitative estimate of drug-likeness (QED) is 0.846. The van der Waals surface area contributed by atoms with Crippen LogP contribution in [0.3, 0.4) is 0 Å². The first-order valence-corrected chi connectivity index (χ1v) is 6.90. The molecule has 2 heterocycles. The van der Waals surface area contributed by atoms with Crippen LogP contribution in [-0.2, 0) is 0 Å². The normalized spacial score (nSPS) is 16.6. The molecule has 2 rings (SSSR count). The molecule has 2 N–H and O–H groups in total. The van der Waals surface area contributed by atoms with Crippen LogP contribution in [0.2, 0.25) is 0 Å². The number of carbonyl (C=O) groups is 1. The molecular weight excluding hydrogens is 242 g/mol. The Morgan fingerprint density at radius 1 is 1.42 bits per heavy atom. The number of amides is 1. The summed E-state index contributed by atoms with van der Waals surface area (Å²) in [6, 6.07) is 4.69. The lowest BCUT2D eigenvalue weighted by Crippen LogP contribution is -2.41. The molecule has 19 heavy (non-hydrogen) atoms. The molecule has 0 bridgehead atoms. The lowest BCUT2D eigenvalue weighted by atomic mass is 9.96. The second-order valence-electron chi connectivity index (χ2n) is 4.97. The van der Waals surface area contributed by atoms with E-state index in [4.69, 9.17) is 0 Å². The summed E-state index contributed by atoms with van der Waals surface area (Å²) >= 11 is 0. The van der Waals surface area contributed by atoms with E-state index in [9.17, 15) is 9.59 Å². The van der Waals surface area contributed by atoms with E-state index in [0.717, 1.165) is 39.0 Å². The summed E-state index contributed by atoms with van der Waals surface area (Å²) in [7, 11) is 0. The van der Waals surface area contributed by atoms with Gasteiger partial charge in [-0.2, -0.15) is 0 Å². The van der Waals surface area contributed by atoms with Gasteiger partial charge in [-0.25, -0.2) is 0 Å². The van der Waals surface area contributed by atoms with Gasteiger partial charge in [0.15, 0.2) is 0 Å². The average molecular weight is 263 g/mol. The van der Waals surface area contributed by atoms with E-state index in [1.165, 1.54) is 6.07 Å². The summed E-state index contributed by atoms with van der Waals surface area (Å²) in [6.45, 7) is 5.66. The van der Waals surface area contributed by atoms with E-state index in [2.05, 4.69) is 17.2 Å². The summed E-state index contributed by atoms with van der Waals surface area (Å²) in [5, 5.41) is 3.35. The van der Waals surface area contributed by atoms with Gasteiger partial charge < -0.3 is 15.2 Å². The van der Waals surface area contributed by atoms with Crippen molar-refractivity contribution in [3.63, 3.8) is 0 Å². The largest absolute Gasteiger partial charge is 0.337 e. The number of hydrogen-bond donors (Lipinski definition) is 2. The van der Waals surface area contributed by atoms with Gasteiger partial charge in [0.25, 0.3) is 5.91 Å². The number of nitrogens with zero attached hydrogens (tertiary/aromatic N) is 1. The Morgan fingerprint density at radius 3 is 2.79 bits per heavy atom. The molecule has 5 heteroatoms. The average Bonchev–Trinajstić information content (AvgIpc) is 2.45. The van der Waals surface area contributed by atoms with E-state index >= 15 is 0 Å². The van der Waals surface area contributed by atoms with Crippen molar-refractivity contribution < 1.29 is 4.79 Å². The maximum atomic E-state index is 12.2. The molecule has 1 aliphatic rings. The molecule has 1 amide bonds. The lowest BCUT2D eigenvalue weighted by Gasteiger charge is -2.32. The summed E-state index contributed by atoms with van der Waals surface area (Å²) in [5.41, 5.74) is 0.158. The molecule has 1 aromatic heterocycles. The van der Waals surface area contributed by atoms with Crippen LogP contribution in [0.25, 0.3) is 0 Å². The molecule has 0 aromatic carbocycles. The molecule has 0 saturated carbocycles. The molecule has 104 valence electrons. The van der Waals surface area contributed by atoms with Crippen molar-refractivity contribution in [2.75, 3.05) is 26.2 Å². The number of piperidine rings is 1. The minimum atomic E-state index is -0.229. The summed E-state index contributed by atoms with van der Waals surface area (Å²) < 4.78 is 0. The number of pyridine rings is 1. The predicted octanol–water partition coefficient (Wildman–Crippen LogP) is 0.837. The summed E-state index contributed by atoms with van der Waals surface area (Å²) in [5.74, 6) is 0.582. The fraction of sp³-hybridized carbons (Fsp3) is 0.571. The van der Waals surface area contributed by atoms with Crippen molar-refractivity contribution in [1.29, 1.82) is 0 Å². The molecule has 5 nitrogen and oxygen atoms in total. The number of likely N-dealkylation sites (tertiary alicyclic amines) is 1. The van der Waals surface area contributed by atoms with Gasteiger partial charge in [-0.05, 0) is 37.9 Å². The first kappa shape index (κ1) is 13.8. The van der Waals surface area contributed by atoms with Gasteiger partial charge in [0.2, 0.25) is 5.56 Å². The first-order chi connectivity index (χ1) is 9.20. The number of H-pyrrole nitrogens is 1. The first-order valence-electron chi connectivity index (χ1n) is 6.90. The van der Waals surface area contributed by atoms with Crippen LogP contribution in [0, 0.1) is 5.92 Å². The number of nitrogens with one attached hydrogen (secondary N) is 2. The maximum Gasteiger partial charge on any atom is 0.270 e. The highest BCUT2D eigenvalue weighted by Crippen LogP contribution is 2.17. The predicted molar refractivity (Wildman–Crippen MR) is 74.2 cm³/mol. The topological polar surface area (TPSA) is 65.2 Å². The third kappa shape index (κ3) is 3.67. The molecule has 0 atom stereocenters. The third-order valence-corrected chi connectivity index (χ3v) is 3.58. The van der Waals surface area contributed by atoms with Gasteiger partial charge in [-0.15, -0.1) is 0 Å².